The normalized spacial score (nSPS) is 13.9. The van der Waals surface area contributed by atoms with Gasteiger partial charge in [0.1, 0.15) is 6.61 Å². The van der Waals surface area contributed by atoms with E-state index in [1.165, 1.54) is 83.5 Å². The second-order valence-corrected chi connectivity index (χ2v) is 17.8. The second kappa shape index (κ2) is 48.6. The molecule has 0 aliphatic rings. The van der Waals surface area contributed by atoms with Gasteiger partial charge in [-0.2, -0.15) is 0 Å². The molecular formula is C53H92NO8P. The van der Waals surface area contributed by atoms with Gasteiger partial charge >= 0.3 is 19.8 Å². The van der Waals surface area contributed by atoms with Gasteiger partial charge in [0.25, 0.3) is 0 Å². The molecule has 2 unspecified atom stereocenters. The average Bonchev–Trinajstić information content (AvgIpc) is 3.27. The fourth-order valence-electron chi connectivity index (χ4n) is 6.61. The van der Waals surface area contributed by atoms with Crippen molar-refractivity contribution < 1.29 is 37.6 Å². The Kier molecular flexibility index (Phi) is 46.5. The van der Waals surface area contributed by atoms with Gasteiger partial charge in [0.15, 0.2) is 6.10 Å². The van der Waals surface area contributed by atoms with Crippen LogP contribution in [0.1, 0.15) is 206 Å². The first-order valence-corrected chi connectivity index (χ1v) is 26.6. The minimum absolute atomic E-state index is 0.0497. The summed E-state index contributed by atoms with van der Waals surface area (Å²) in [6.45, 7) is 3.60. The van der Waals surface area contributed by atoms with Gasteiger partial charge in [-0.25, -0.2) is 4.57 Å². The van der Waals surface area contributed by atoms with E-state index in [0.717, 1.165) is 89.9 Å². The minimum Gasteiger partial charge on any atom is -0.462 e. The Morgan fingerprint density at radius 3 is 1.30 bits per heavy atom. The molecule has 0 saturated carbocycles. The molecule has 9 nitrogen and oxygen atoms in total. The monoisotopic (exact) mass is 902 g/mol. The van der Waals surface area contributed by atoms with Crippen LogP contribution in [0.2, 0.25) is 0 Å². The molecule has 0 radical (unpaired) electrons. The lowest BCUT2D eigenvalue weighted by Gasteiger charge is -2.19. The molecule has 0 heterocycles. The number of hydrogen-bond donors (Lipinski definition) is 2. The van der Waals surface area contributed by atoms with Gasteiger partial charge in [0, 0.05) is 19.4 Å². The first-order chi connectivity index (χ1) is 30.8. The lowest BCUT2D eigenvalue weighted by molar-refractivity contribution is -0.161. The van der Waals surface area contributed by atoms with E-state index >= 15 is 0 Å². The van der Waals surface area contributed by atoms with Crippen molar-refractivity contribution in [3.8, 4) is 0 Å². The molecule has 0 rings (SSSR count). The van der Waals surface area contributed by atoms with Crippen LogP contribution in [0, 0.1) is 0 Å². The first kappa shape index (κ1) is 60.2. The standard InChI is InChI=1S/C53H92NO8P/c1-3-5-7-9-11-13-15-16-17-18-19-20-21-22-23-24-25-26-27-28-29-30-31-32-33-34-36-38-40-42-44-46-53(56)62-51(50-61-63(57,58)60-48-47-54)49-59-52(55)45-43-41-39-37-35-14-12-10-8-6-4-2/h5,7,11,13,16-17,19-20,22-23,25-26,28-29,51H,3-4,6,8-10,12,14-15,18,21,24,27,30-50,54H2,1-2H3,(H,57,58)/b7-5-,13-11-,17-16-,20-19-,23-22-,26-25-,29-28-. The van der Waals surface area contributed by atoms with E-state index in [4.69, 9.17) is 24.3 Å². The van der Waals surface area contributed by atoms with Crippen molar-refractivity contribution in [3.63, 3.8) is 0 Å². The van der Waals surface area contributed by atoms with Crippen molar-refractivity contribution in [2.45, 2.75) is 213 Å². The number of rotatable bonds is 46. The number of allylic oxidation sites excluding steroid dienone is 14. The number of nitrogens with two attached hydrogens (primary N) is 1. The van der Waals surface area contributed by atoms with E-state index in [0.29, 0.717) is 6.42 Å². The van der Waals surface area contributed by atoms with Crippen LogP contribution >= 0.6 is 7.82 Å². The summed E-state index contributed by atoms with van der Waals surface area (Å²) in [5.74, 6) is -0.838. The highest BCUT2D eigenvalue weighted by molar-refractivity contribution is 7.47. The molecule has 63 heavy (non-hydrogen) atoms. The molecule has 0 aliphatic carbocycles. The number of carbonyl (C=O) groups is 2. The van der Waals surface area contributed by atoms with Crippen LogP contribution in [-0.2, 0) is 32.7 Å². The zero-order valence-corrected chi connectivity index (χ0v) is 40.9. The van der Waals surface area contributed by atoms with Gasteiger partial charge in [-0.15, -0.1) is 0 Å². The van der Waals surface area contributed by atoms with E-state index < -0.39 is 26.5 Å². The van der Waals surface area contributed by atoms with E-state index in [9.17, 15) is 19.0 Å². The van der Waals surface area contributed by atoms with Crippen LogP contribution in [0.5, 0.6) is 0 Å². The highest BCUT2D eigenvalue weighted by Gasteiger charge is 2.26. The maximum Gasteiger partial charge on any atom is 0.472 e. The summed E-state index contributed by atoms with van der Waals surface area (Å²) >= 11 is 0. The molecule has 0 saturated heterocycles. The highest BCUT2D eigenvalue weighted by Crippen LogP contribution is 2.43. The molecule has 0 spiro atoms. The Bertz CT molecular complexity index is 1300. The number of phosphoric acid groups is 1. The summed E-state index contributed by atoms with van der Waals surface area (Å²) in [5, 5.41) is 0. The third kappa shape index (κ3) is 48.5. The highest BCUT2D eigenvalue weighted by atomic mass is 31.2. The fraction of sp³-hybridized carbons (Fsp3) is 0.698. The molecule has 362 valence electrons. The zero-order chi connectivity index (χ0) is 46.0. The average molecular weight is 902 g/mol. The quantitative estimate of drug-likeness (QED) is 0.0265. The maximum atomic E-state index is 12.6. The Morgan fingerprint density at radius 1 is 0.492 bits per heavy atom. The lowest BCUT2D eigenvalue weighted by atomic mass is 10.1. The topological polar surface area (TPSA) is 134 Å². The summed E-state index contributed by atoms with van der Waals surface area (Å²) in [6.07, 6.45) is 62.0. The van der Waals surface area contributed by atoms with Gasteiger partial charge in [0.2, 0.25) is 0 Å². The molecule has 0 aliphatic heterocycles. The van der Waals surface area contributed by atoms with E-state index in [1.54, 1.807) is 0 Å². The SMILES string of the molecule is CC/C=C\C/C=C\C/C=C\C/C=C\C/C=C\C/C=C\C/C=C\CCCCCCCCCCCC(=O)OC(COC(=O)CCCCCCCCCCCCC)COP(=O)(O)OCCN. The number of ether oxygens (including phenoxy) is 2. The van der Waals surface area contributed by atoms with Gasteiger partial charge in [-0.1, -0.05) is 208 Å². The number of phosphoric ester groups is 1. The summed E-state index contributed by atoms with van der Waals surface area (Å²) in [7, 11) is -4.38. The van der Waals surface area contributed by atoms with Gasteiger partial charge in [-0.3, -0.25) is 18.6 Å². The first-order valence-electron chi connectivity index (χ1n) is 25.1. The predicted molar refractivity (Wildman–Crippen MR) is 265 cm³/mol. The van der Waals surface area contributed by atoms with E-state index in [1.807, 2.05) is 0 Å². The molecule has 2 atom stereocenters. The van der Waals surface area contributed by atoms with Gasteiger partial charge < -0.3 is 20.1 Å². The number of hydrogen-bond acceptors (Lipinski definition) is 8. The summed E-state index contributed by atoms with van der Waals surface area (Å²) in [5.41, 5.74) is 5.36. The smallest absolute Gasteiger partial charge is 0.462 e. The van der Waals surface area contributed by atoms with E-state index in [-0.39, 0.29) is 38.6 Å². The zero-order valence-electron chi connectivity index (χ0n) is 40.0. The van der Waals surface area contributed by atoms with Crippen molar-refractivity contribution in [2.24, 2.45) is 5.73 Å². The number of esters is 2. The lowest BCUT2D eigenvalue weighted by Crippen LogP contribution is -2.29. The van der Waals surface area contributed by atoms with Crippen molar-refractivity contribution in [2.75, 3.05) is 26.4 Å². The molecule has 0 bridgehead atoms. The third-order valence-electron chi connectivity index (χ3n) is 10.3. The molecule has 0 fully saturated rings. The summed E-state index contributed by atoms with van der Waals surface area (Å²) in [6, 6.07) is 0. The van der Waals surface area contributed by atoms with E-state index in [2.05, 4.69) is 98.9 Å². The summed E-state index contributed by atoms with van der Waals surface area (Å²) < 4.78 is 32.8. The predicted octanol–water partition coefficient (Wildman–Crippen LogP) is 15.2. The largest absolute Gasteiger partial charge is 0.472 e. The Balaban J connectivity index is 4.01. The number of carbonyl (C=O) groups excluding carboxylic acids is 2. The minimum atomic E-state index is -4.38. The van der Waals surface area contributed by atoms with Crippen molar-refractivity contribution in [1.29, 1.82) is 0 Å². The Labute approximate surface area is 385 Å². The molecule has 10 heteroatoms. The Morgan fingerprint density at radius 2 is 0.873 bits per heavy atom. The molecular weight excluding hydrogens is 810 g/mol. The van der Waals surface area contributed by atoms with Crippen molar-refractivity contribution in [1.82, 2.24) is 0 Å². The summed E-state index contributed by atoms with van der Waals surface area (Å²) in [4.78, 5) is 34.9. The van der Waals surface area contributed by atoms with Crippen LogP contribution in [0.4, 0.5) is 0 Å². The molecule has 0 amide bonds. The molecule has 3 N–H and O–H groups in total. The maximum absolute atomic E-state index is 12.6. The van der Waals surface area contributed by atoms with Crippen LogP contribution in [-0.4, -0.2) is 49.3 Å². The molecule has 0 aromatic carbocycles. The molecule has 0 aromatic rings. The molecule has 0 aromatic heterocycles. The van der Waals surface area contributed by atoms with Crippen LogP contribution in [0.3, 0.4) is 0 Å². The fourth-order valence-corrected chi connectivity index (χ4v) is 7.38. The van der Waals surface area contributed by atoms with Crippen LogP contribution in [0.15, 0.2) is 85.1 Å². The third-order valence-corrected chi connectivity index (χ3v) is 11.3. The van der Waals surface area contributed by atoms with Crippen LogP contribution in [0.25, 0.3) is 0 Å². The number of unbranched alkanes of at least 4 members (excludes halogenated alkanes) is 19. The van der Waals surface area contributed by atoms with Gasteiger partial charge in [-0.05, 0) is 70.6 Å². The van der Waals surface area contributed by atoms with Crippen LogP contribution < -0.4 is 5.73 Å². The van der Waals surface area contributed by atoms with Gasteiger partial charge in [0.05, 0.1) is 13.2 Å². The van der Waals surface area contributed by atoms with Crippen molar-refractivity contribution in [3.05, 3.63) is 85.1 Å². The van der Waals surface area contributed by atoms with Crippen molar-refractivity contribution >= 4 is 19.8 Å². The second-order valence-electron chi connectivity index (χ2n) is 16.3. The Hall–Kier alpha value is -2.81.